The van der Waals surface area contributed by atoms with E-state index in [0.29, 0.717) is 12.8 Å². The van der Waals surface area contributed by atoms with Crippen LogP contribution in [0.15, 0.2) is 12.1 Å². The van der Waals surface area contributed by atoms with Gasteiger partial charge in [0.25, 0.3) is 0 Å². The molecule has 0 fully saturated rings. The number of hydrogen-bond donors (Lipinski definition) is 1. The molecule has 1 unspecified atom stereocenters. The van der Waals surface area contributed by atoms with Crippen LogP contribution in [-0.4, -0.2) is 0 Å². The van der Waals surface area contributed by atoms with Crippen LogP contribution < -0.4 is 5.73 Å². The molecule has 0 radical (unpaired) electrons. The molecule has 2 N–H and O–H groups in total. The molecule has 0 bridgehead atoms. The average molecular weight is 230 g/mol. The van der Waals surface area contributed by atoms with Gasteiger partial charge in [-0.15, -0.1) is 12.3 Å². The maximum atomic E-state index is 13.3. The SMILES string of the molecule is C#CCCC(N)c1cc(F)c(Cl)cc1F. The zero-order valence-electron chi connectivity index (χ0n) is 7.93. The molecule has 1 rings (SSSR count). The van der Waals surface area contributed by atoms with Crippen molar-refractivity contribution in [2.24, 2.45) is 5.73 Å². The van der Waals surface area contributed by atoms with Gasteiger partial charge in [-0.1, -0.05) is 11.6 Å². The molecular formula is C11H10ClF2N. The predicted octanol–water partition coefficient (Wildman–Crippen LogP) is 3.03. The number of halogens is 3. The van der Waals surface area contributed by atoms with Crippen LogP contribution in [0.2, 0.25) is 5.02 Å². The van der Waals surface area contributed by atoms with Crippen molar-refractivity contribution in [1.29, 1.82) is 0 Å². The summed E-state index contributed by atoms with van der Waals surface area (Å²) in [5.41, 5.74) is 5.76. The van der Waals surface area contributed by atoms with Crippen LogP contribution in [0.4, 0.5) is 8.78 Å². The Hall–Kier alpha value is -1.11. The molecule has 1 aromatic carbocycles. The molecule has 80 valence electrons. The number of rotatable bonds is 3. The van der Waals surface area contributed by atoms with Gasteiger partial charge < -0.3 is 5.73 Å². The minimum atomic E-state index is -0.677. The van der Waals surface area contributed by atoms with Gasteiger partial charge in [0, 0.05) is 18.0 Å². The molecule has 0 aliphatic rings. The first-order valence-corrected chi connectivity index (χ1v) is 4.77. The molecule has 0 amide bonds. The molecule has 0 aliphatic heterocycles. The largest absolute Gasteiger partial charge is 0.324 e. The topological polar surface area (TPSA) is 26.0 Å². The van der Waals surface area contributed by atoms with Crippen molar-refractivity contribution in [1.82, 2.24) is 0 Å². The van der Waals surface area contributed by atoms with Gasteiger partial charge in [0.05, 0.1) is 5.02 Å². The molecule has 0 spiro atoms. The van der Waals surface area contributed by atoms with Crippen LogP contribution in [0.1, 0.15) is 24.4 Å². The predicted molar refractivity (Wildman–Crippen MR) is 56.4 cm³/mol. The summed E-state index contributed by atoms with van der Waals surface area (Å²) in [6.07, 6.45) is 5.89. The van der Waals surface area contributed by atoms with E-state index in [9.17, 15) is 8.78 Å². The molecule has 4 heteroatoms. The average Bonchev–Trinajstić information content (AvgIpc) is 2.20. The molecule has 0 aliphatic carbocycles. The lowest BCUT2D eigenvalue weighted by Crippen LogP contribution is -2.12. The maximum Gasteiger partial charge on any atom is 0.142 e. The molecular weight excluding hydrogens is 220 g/mol. The molecule has 0 heterocycles. The molecule has 0 aromatic heterocycles. The summed E-state index contributed by atoms with van der Waals surface area (Å²) in [6.45, 7) is 0. The highest BCUT2D eigenvalue weighted by molar-refractivity contribution is 6.30. The van der Waals surface area contributed by atoms with Crippen molar-refractivity contribution in [3.63, 3.8) is 0 Å². The van der Waals surface area contributed by atoms with Crippen LogP contribution in [0.25, 0.3) is 0 Å². The van der Waals surface area contributed by atoms with Crippen molar-refractivity contribution >= 4 is 11.6 Å². The van der Waals surface area contributed by atoms with Gasteiger partial charge in [0.15, 0.2) is 0 Å². The van der Waals surface area contributed by atoms with Gasteiger partial charge >= 0.3 is 0 Å². The van der Waals surface area contributed by atoms with E-state index in [-0.39, 0.29) is 10.6 Å². The second kappa shape index (κ2) is 5.11. The Balaban J connectivity index is 2.94. The summed E-state index contributed by atoms with van der Waals surface area (Å²) in [5, 5.41) is -0.250. The fourth-order valence-corrected chi connectivity index (χ4v) is 1.37. The van der Waals surface area contributed by atoms with E-state index in [1.807, 2.05) is 0 Å². The van der Waals surface area contributed by atoms with Crippen LogP contribution in [-0.2, 0) is 0 Å². The molecule has 1 aromatic rings. The smallest absolute Gasteiger partial charge is 0.142 e. The highest BCUT2D eigenvalue weighted by Gasteiger charge is 2.14. The standard InChI is InChI=1S/C11H10ClF2N/c1-2-3-4-11(15)7-5-10(14)8(12)6-9(7)13/h1,5-6,11H,3-4,15H2. The van der Waals surface area contributed by atoms with Crippen molar-refractivity contribution < 1.29 is 8.78 Å². The minimum Gasteiger partial charge on any atom is -0.324 e. The third-order valence-electron chi connectivity index (χ3n) is 2.04. The Morgan fingerprint density at radius 3 is 2.67 bits per heavy atom. The van der Waals surface area contributed by atoms with Crippen molar-refractivity contribution in [2.45, 2.75) is 18.9 Å². The van der Waals surface area contributed by atoms with Gasteiger partial charge in [-0.3, -0.25) is 0 Å². The van der Waals surface area contributed by atoms with Gasteiger partial charge in [-0.05, 0) is 18.6 Å². The monoisotopic (exact) mass is 229 g/mol. The summed E-state index contributed by atoms with van der Waals surface area (Å²) in [5.74, 6) is 1.11. The van der Waals surface area contributed by atoms with E-state index in [1.165, 1.54) is 0 Å². The first kappa shape index (κ1) is 12.0. The Labute approximate surface area is 92.2 Å². The Morgan fingerprint density at radius 2 is 2.07 bits per heavy atom. The summed E-state index contributed by atoms with van der Waals surface area (Å²) in [4.78, 5) is 0. The summed E-state index contributed by atoms with van der Waals surface area (Å²) in [6, 6.07) is 1.33. The van der Waals surface area contributed by atoms with Crippen LogP contribution in [0.3, 0.4) is 0 Å². The third kappa shape index (κ3) is 2.92. The Kier molecular flexibility index (Phi) is 4.07. The lowest BCUT2D eigenvalue weighted by Gasteiger charge is -2.11. The zero-order valence-corrected chi connectivity index (χ0v) is 8.69. The molecule has 1 atom stereocenters. The van der Waals surface area contributed by atoms with Gasteiger partial charge in [-0.25, -0.2) is 8.78 Å². The van der Waals surface area contributed by atoms with E-state index >= 15 is 0 Å². The number of terminal acetylenes is 1. The summed E-state index contributed by atoms with van der Waals surface area (Å²) >= 11 is 5.41. The van der Waals surface area contributed by atoms with Crippen molar-refractivity contribution in [2.75, 3.05) is 0 Å². The van der Waals surface area contributed by atoms with E-state index in [2.05, 4.69) is 5.92 Å². The van der Waals surface area contributed by atoms with E-state index in [4.69, 9.17) is 23.8 Å². The second-order valence-corrected chi connectivity index (χ2v) is 3.54. The zero-order chi connectivity index (χ0) is 11.4. The first-order valence-electron chi connectivity index (χ1n) is 4.39. The fourth-order valence-electron chi connectivity index (χ4n) is 1.22. The number of nitrogens with two attached hydrogens (primary N) is 1. The minimum absolute atomic E-state index is 0.104. The van der Waals surface area contributed by atoms with E-state index in [1.54, 1.807) is 0 Å². The summed E-state index contributed by atoms with van der Waals surface area (Å²) < 4.78 is 26.4. The second-order valence-electron chi connectivity index (χ2n) is 3.14. The van der Waals surface area contributed by atoms with Crippen molar-refractivity contribution in [3.05, 3.63) is 34.4 Å². The van der Waals surface area contributed by atoms with Crippen LogP contribution in [0, 0.1) is 24.0 Å². The normalized spacial score (nSPS) is 12.2. The lowest BCUT2D eigenvalue weighted by molar-refractivity contribution is 0.552. The maximum absolute atomic E-state index is 13.3. The quantitative estimate of drug-likeness (QED) is 0.626. The number of benzene rings is 1. The molecule has 15 heavy (non-hydrogen) atoms. The van der Waals surface area contributed by atoms with Gasteiger partial charge in [-0.2, -0.15) is 0 Å². The number of hydrogen-bond acceptors (Lipinski definition) is 1. The highest BCUT2D eigenvalue weighted by atomic mass is 35.5. The van der Waals surface area contributed by atoms with Gasteiger partial charge in [0.2, 0.25) is 0 Å². The fraction of sp³-hybridized carbons (Fsp3) is 0.273. The highest BCUT2D eigenvalue weighted by Crippen LogP contribution is 2.24. The Morgan fingerprint density at radius 1 is 1.40 bits per heavy atom. The van der Waals surface area contributed by atoms with Gasteiger partial charge in [0.1, 0.15) is 11.6 Å². The van der Waals surface area contributed by atoms with Crippen LogP contribution in [0.5, 0.6) is 0 Å². The molecule has 0 saturated carbocycles. The summed E-state index contributed by atoms with van der Waals surface area (Å²) in [7, 11) is 0. The van der Waals surface area contributed by atoms with E-state index < -0.39 is 17.7 Å². The molecule has 1 nitrogen and oxygen atoms in total. The molecule has 0 saturated heterocycles. The van der Waals surface area contributed by atoms with E-state index in [0.717, 1.165) is 12.1 Å². The first-order chi connectivity index (χ1) is 7.06. The lowest BCUT2D eigenvalue weighted by atomic mass is 10.0. The van der Waals surface area contributed by atoms with Crippen LogP contribution >= 0.6 is 11.6 Å². The Bertz CT molecular complexity index is 398. The van der Waals surface area contributed by atoms with Crippen molar-refractivity contribution in [3.8, 4) is 12.3 Å². The third-order valence-corrected chi connectivity index (χ3v) is 2.33.